The minimum absolute atomic E-state index is 1.00. The lowest BCUT2D eigenvalue weighted by Crippen LogP contribution is -1.72. The third-order valence-electron chi connectivity index (χ3n) is 0.713. The molecule has 1 nitrogen and oxygen atoms in total. The van der Waals surface area contributed by atoms with Crippen molar-refractivity contribution in [3.63, 3.8) is 0 Å². The molecule has 1 N–H and O–H groups in total. The maximum Gasteiger partial charge on any atom is 0.0348 e. The highest BCUT2D eigenvalue weighted by Gasteiger charge is 1.99. The van der Waals surface area contributed by atoms with Crippen molar-refractivity contribution in [2.75, 3.05) is 0 Å². The minimum atomic E-state index is 1.00. The molecule has 1 heteroatoms. The van der Waals surface area contributed by atoms with Crippen LogP contribution in [0.25, 0.3) is 0 Å². The summed E-state index contributed by atoms with van der Waals surface area (Å²) in [4.78, 5) is 0. The summed E-state index contributed by atoms with van der Waals surface area (Å²) in [6.07, 6.45) is 4.85. The van der Waals surface area contributed by atoms with E-state index in [1.165, 1.54) is 5.70 Å². The van der Waals surface area contributed by atoms with E-state index in [9.17, 15) is 0 Å². The Balaban J connectivity index is 2.16. The van der Waals surface area contributed by atoms with E-state index in [1.807, 2.05) is 12.3 Å². The van der Waals surface area contributed by atoms with Gasteiger partial charge in [0.05, 0.1) is 0 Å². The standard InChI is InChI=1S/C5H7N/c1-2-3-5-4-6-5/h2,4,6H,1,3H2. The van der Waals surface area contributed by atoms with Crippen molar-refractivity contribution in [1.29, 1.82) is 0 Å². The summed E-state index contributed by atoms with van der Waals surface area (Å²) in [6, 6.07) is 0. The number of allylic oxidation sites excluding steroid dienone is 1. The van der Waals surface area contributed by atoms with E-state index in [0.29, 0.717) is 0 Å². The molecule has 0 atom stereocenters. The zero-order chi connectivity index (χ0) is 4.41. The van der Waals surface area contributed by atoms with Crippen molar-refractivity contribution in [2.24, 2.45) is 0 Å². The van der Waals surface area contributed by atoms with Crippen LogP contribution in [0.5, 0.6) is 0 Å². The Morgan fingerprint density at radius 1 is 2.00 bits per heavy atom. The van der Waals surface area contributed by atoms with Gasteiger partial charge in [-0.2, -0.15) is 0 Å². The van der Waals surface area contributed by atoms with Gasteiger partial charge in [0.25, 0.3) is 0 Å². The molecule has 0 bridgehead atoms. The summed E-state index contributed by atoms with van der Waals surface area (Å²) >= 11 is 0. The fraction of sp³-hybridized carbons (Fsp3) is 0.200. The number of hydrogen-bond acceptors (Lipinski definition) is 1. The smallest absolute Gasteiger partial charge is 0.0348 e. The van der Waals surface area contributed by atoms with Crippen LogP contribution in [-0.2, 0) is 0 Å². The third kappa shape index (κ3) is 0.612. The van der Waals surface area contributed by atoms with Crippen molar-refractivity contribution in [3.05, 3.63) is 24.6 Å². The summed E-state index contributed by atoms with van der Waals surface area (Å²) in [6.45, 7) is 3.56. The van der Waals surface area contributed by atoms with Crippen LogP contribution in [0, 0.1) is 0 Å². The Hall–Kier alpha value is -0.720. The lowest BCUT2D eigenvalue weighted by atomic mass is 10.4. The predicted octanol–water partition coefficient (Wildman–Crippen LogP) is 1.01. The number of hydrogen-bond donors (Lipinski definition) is 1. The Morgan fingerprint density at radius 3 is 2.83 bits per heavy atom. The van der Waals surface area contributed by atoms with Gasteiger partial charge in [0.2, 0.25) is 0 Å². The number of nitrogens with one attached hydrogen (secondary N) is 1. The second-order valence-electron chi connectivity index (χ2n) is 1.31. The topological polar surface area (TPSA) is 21.9 Å². The van der Waals surface area contributed by atoms with Gasteiger partial charge in [0, 0.05) is 18.3 Å². The molecule has 1 rings (SSSR count). The first-order valence-corrected chi connectivity index (χ1v) is 2.00. The molecule has 0 aliphatic carbocycles. The molecule has 6 heavy (non-hydrogen) atoms. The van der Waals surface area contributed by atoms with Gasteiger partial charge in [0.1, 0.15) is 0 Å². The summed E-state index contributed by atoms with van der Waals surface area (Å²) in [7, 11) is 0. The molecule has 0 fully saturated rings. The zero-order valence-electron chi connectivity index (χ0n) is 3.57. The predicted molar refractivity (Wildman–Crippen MR) is 26.0 cm³/mol. The van der Waals surface area contributed by atoms with Crippen LogP contribution in [0.3, 0.4) is 0 Å². The highest BCUT2D eigenvalue weighted by atomic mass is 15.0. The average molecular weight is 81.1 g/mol. The summed E-state index contributed by atoms with van der Waals surface area (Å²) in [5, 5.41) is 2.96. The third-order valence-corrected chi connectivity index (χ3v) is 0.713. The molecule has 0 aromatic heterocycles. The van der Waals surface area contributed by atoms with E-state index in [-0.39, 0.29) is 0 Å². The first-order chi connectivity index (χ1) is 2.93. The molecule has 32 valence electrons. The molecule has 1 aliphatic rings. The van der Waals surface area contributed by atoms with Crippen molar-refractivity contribution >= 4 is 0 Å². The van der Waals surface area contributed by atoms with Gasteiger partial charge in [0.15, 0.2) is 0 Å². The largest absolute Gasteiger partial charge is 0.362 e. The fourth-order valence-corrected chi connectivity index (χ4v) is 0.324. The zero-order valence-corrected chi connectivity index (χ0v) is 3.57. The SMILES string of the molecule is C=CCC1=CN1. The molecule has 1 aliphatic heterocycles. The van der Waals surface area contributed by atoms with Crippen LogP contribution >= 0.6 is 0 Å². The molecule has 0 unspecified atom stereocenters. The molecule has 1 heterocycles. The van der Waals surface area contributed by atoms with Crippen LogP contribution in [0.1, 0.15) is 6.42 Å². The van der Waals surface area contributed by atoms with E-state index in [1.54, 1.807) is 0 Å². The van der Waals surface area contributed by atoms with E-state index in [4.69, 9.17) is 0 Å². The first-order valence-electron chi connectivity index (χ1n) is 2.00. The van der Waals surface area contributed by atoms with Gasteiger partial charge in [-0.15, -0.1) is 6.58 Å². The maximum atomic E-state index is 3.56. The van der Waals surface area contributed by atoms with Gasteiger partial charge in [-0.25, -0.2) is 0 Å². The van der Waals surface area contributed by atoms with Gasteiger partial charge in [-0.05, 0) is 0 Å². The van der Waals surface area contributed by atoms with E-state index in [2.05, 4.69) is 11.9 Å². The molecule has 0 saturated carbocycles. The highest BCUT2D eigenvalue weighted by molar-refractivity contribution is 5.18. The number of rotatable bonds is 2. The minimum Gasteiger partial charge on any atom is -0.362 e. The quantitative estimate of drug-likeness (QED) is 0.492. The summed E-state index contributed by atoms with van der Waals surface area (Å²) < 4.78 is 0. The Kier molecular flexibility index (Phi) is 0.675. The van der Waals surface area contributed by atoms with Crippen LogP contribution in [0.4, 0.5) is 0 Å². The van der Waals surface area contributed by atoms with Crippen LogP contribution in [0.15, 0.2) is 24.6 Å². The van der Waals surface area contributed by atoms with Crippen molar-refractivity contribution in [3.8, 4) is 0 Å². The normalized spacial score (nSPS) is 15.0. The van der Waals surface area contributed by atoms with E-state index < -0.39 is 0 Å². The highest BCUT2D eigenvalue weighted by Crippen LogP contribution is 2.05. The van der Waals surface area contributed by atoms with Gasteiger partial charge in [-0.1, -0.05) is 6.08 Å². The second-order valence-corrected chi connectivity index (χ2v) is 1.31. The van der Waals surface area contributed by atoms with Gasteiger partial charge >= 0.3 is 0 Å². The molecule has 0 saturated heterocycles. The van der Waals surface area contributed by atoms with E-state index >= 15 is 0 Å². The monoisotopic (exact) mass is 81.1 g/mol. The molecule has 0 radical (unpaired) electrons. The van der Waals surface area contributed by atoms with Crippen LogP contribution < -0.4 is 5.32 Å². The Morgan fingerprint density at radius 2 is 2.67 bits per heavy atom. The molecular weight excluding hydrogens is 74.1 g/mol. The van der Waals surface area contributed by atoms with Crippen LogP contribution in [-0.4, -0.2) is 0 Å². The summed E-state index contributed by atoms with van der Waals surface area (Å²) in [5.41, 5.74) is 1.30. The van der Waals surface area contributed by atoms with Crippen molar-refractivity contribution in [1.82, 2.24) is 5.32 Å². The van der Waals surface area contributed by atoms with Gasteiger partial charge in [-0.3, -0.25) is 0 Å². The molecule has 0 aromatic rings. The first kappa shape index (κ1) is 3.47. The van der Waals surface area contributed by atoms with E-state index in [0.717, 1.165) is 6.42 Å². The summed E-state index contributed by atoms with van der Waals surface area (Å²) in [5.74, 6) is 0. The molecule has 0 amide bonds. The lowest BCUT2D eigenvalue weighted by molar-refractivity contribution is 1.20. The lowest BCUT2D eigenvalue weighted by Gasteiger charge is -1.72. The second kappa shape index (κ2) is 1.17. The van der Waals surface area contributed by atoms with Crippen molar-refractivity contribution < 1.29 is 0 Å². The average Bonchev–Trinajstić information content (AvgIpc) is 2.21. The van der Waals surface area contributed by atoms with Gasteiger partial charge < -0.3 is 5.32 Å². The fourth-order valence-electron chi connectivity index (χ4n) is 0.324. The maximum absolute atomic E-state index is 3.56. The Bertz CT molecular complexity index is 92.1. The van der Waals surface area contributed by atoms with Crippen LogP contribution in [0.2, 0.25) is 0 Å². The molecule has 0 spiro atoms. The Labute approximate surface area is 37.4 Å². The molecular formula is C5H7N. The van der Waals surface area contributed by atoms with Crippen molar-refractivity contribution in [2.45, 2.75) is 6.42 Å². The molecule has 0 aromatic carbocycles.